The molecule has 1 heterocycles. The molecule has 4 nitrogen and oxygen atoms in total. The van der Waals surface area contributed by atoms with Gasteiger partial charge in [-0.25, -0.2) is 0 Å². The second-order valence-electron chi connectivity index (χ2n) is 5.91. The molecule has 0 saturated carbocycles. The summed E-state index contributed by atoms with van der Waals surface area (Å²) in [6, 6.07) is 17.4. The molecule has 0 unspecified atom stereocenters. The Bertz CT molecular complexity index is 928. The standard InChI is InChI=1S/C20H20N2O2/c1-14-6-2-3-7-15(14)13-19(23)21-11-10-17-12-16-8-4-5-9-18(16)22-20(17)24/h2-9,12H,10-11,13H2,1H3,(H,21,23)(H,22,24). The minimum atomic E-state index is -0.0955. The number of nitrogens with one attached hydrogen (secondary N) is 2. The van der Waals surface area contributed by atoms with Gasteiger partial charge < -0.3 is 10.3 Å². The molecule has 0 fully saturated rings. The number of hydrogen-bond acceptors (Lipinski definition) is 2. The minimum Gasteiger partial charge on any atom is -0.355 e. The fraction of sp³-hybridized carbons (Fsp3) is 0.200. The van der Waals surface area contributed by atoms with Gasteiger partial charge in [0.25, 0.3) is 5.56 Å². The summed E-state index contributed by atoms with van der Waals surface area (Å²) in [5.41, 5.74) is 3.55. The molecule has 2 N–H and O–H groups in total. The second kappa shape index (κ2) is 7.13. The number of rotatable bonds is 5. The topological polar surface area (TPSA) is 62.0 Å². The summed E-state index contributed by atoms with van der Waals surface area (Å²) in [6.07, 6.45) is 0.875. The average molecular weight is 320 g/mol. The van der Waals surface area contributed by atoms with Crippen LogP contribution in [0.3, 0.4) is 0 Å². The van der Waals surface area contributed by atoms with E-state index < -0.39 is 0 Å². The Balaban J connectivity index is 1.60. The quantitative estimate of drug-likeness (QED) is 0.759. The van der Waals surface area contributed by atoms with Crippen molar-refractivity contribution in [2.45, 2.75) is 19.8 Å². The molecule has 0 atom stereocenters. The fourth-order valence-corrected chi connectivity index (χ4v) is 2.76. The van der Waals surface area contributed by atoms with E-state index in [2.05, 4.69) is 10.3 Å². The Morgan fingerprint density at radius 2 is 1.79 bits per heavy atom. The lowest BCUT2D eigenvalue weighted by molar-refractivity contribution is -0.120. The van der Waals surface area contributed by atoms with Gasteiger partial charge in [-0.2, -0.15) is 0 Å². The fourth-order valence-electron chi connectivity index (χ4n) is 2.76. The Kier molecular flexibility index (Phi) is 4.75. The number of H-pyrrole nitrogens is 1. The molecular weight excluding hydrogens is 300 g/mol. The van der Waals surface area contributed by atoms with E-state index in [1.165, 1.54) is 0 Å². The predicted octanol–water partition coefficient (Wildman–Crippen LogP) is 2.74. The van der Waals surface area contributed by atoms with Crippen LogP contribution in [0.25, 0.3) is 10.9 Å². The zero-order valence-electron chi connectivity index (χ0n) is 13.6. The molecule has 3 rings (SSSR count). The van der Waals surface area contributed by atoms with E-state index in [4.69, 9.17) is 0 Å². The number of aryl methyl sites for hydroxylation is 1. The van der Waals surface area contributed by atoms with Crippen LogP contribution in [-0.2, 0) is 17.6 Å². The molecule has 0 aliphatic rings. The highest BCUT2D eigenvalue weighted by atomic mass is 16.1. The Labute approximate surface area is 140 Å². The van der Waals surface area contributed by atoms with Gasteiger partial charge in [0.15, 0.2) is 0 Å². The first-order valence-electron chi connectivity index (χ1n) is 8.05. The van der Waals surface area contributed by atoms with Gasteiger partial charge >= 0.3 is 0 Å². The first-order valence-corrected chi connectivity index (χ1v) is 8.05. The van der Waals surface area contributed by atoms with Crippen LogP contribution in [0.2, 0.25) is 0 Å². The predicted molar refractivity (Wildman–Crippen MR) is 96.2 cm³/mol. The van der Waals surface area contributed by atoms with E-state index in [9.17, 15) is 9.59 Å². The average Bonchev–Trinajstić information content (AvgIpc) is 2.57. The number of aromatic nitrogens is 1. The van der Waals surface area contributed by atoms with Crippen LogP contribution >= 0.6 is 0 Å². The van der Waals surface area contributed by atoms with E-state index in [1.807, 2.05) is 61.5 Å². The third kappa shape index (κ3) is 3.71. The Morgan fingerprint density at radius 1 is 1.04 bits per heavy atom. The van der Waals surface area contributed by atoms with E-state index in [0.717, 1.165) is 22.0 Å². The summed E-state index contributed by atoms with van der Waals surface area (Å²) in [5, 5.41) is 3.89. The summed E-state index contributed by atoms with van der Waals surface area (Å²) in [5.74, 6) is -0.0264. The van der Waals surface area contributed by atoms with Crippen molar-refractivity contribution in [2.75, 3.05) is 6.54 Å². The van der Waals surface area contributed by atoms with Crippen LogP contribution in [-0.4, -0.2) is 17.4 Å². The van der Waals surface area contributed by atoms with Crippen molar-refractivity contribution < 1.29 is 4.79 Å². The van der Waals surface area contributed by atoms with Crippen LogP contribution in [0.1, 0.15) is 16.7 Å². The smallest absolute Gasteiger partial charge is 0.251 e. The van der Waals surface area contributed by atoms with E-state index in [-0.39, 0.29) is 11.5 Å². The molecule has 1 amide bonds. The largest absolute Gasteiger partial charge is 0.355 e. The number of hydrogen-bond donors (Lipinski definition) is 2. The molecule has 24 heavy (non-hydrogen) atoms. The van der Waals surface area contributed by atoms with E-state index >= 15 is 0 Å². The zero-order valence-corrected chi connectivity index (χ0v) is 13.6. The van der Waals surface area contributed by atoms with Gasteiger partial charge in [-0.15, -0.1) is 0 Å². The van der Waals surface area contributed by atoms with Gasteiger partial charge in [0.05, 0.1) is 6.42 Å². The highest BCUT2D eigenvalue weighted by molar-refractivity contribution is 5.79. The monoisotopic (exact) mass is 320 g/mol. The highest BCUT2D eigenvalue weighted by Gasteiger charge is 2.07. The Hall–Kier alpha value is -2.88. The van der Waals surface area contributed by atoms with Crippen LogP contribution < -0.4 is 10.9 Å². The van der Waals surface area contributed by atoms with Crippen molar-refractivity contribution in [1.82, 2.24) is 10.3 Å². The molecule has 4 heteroatoms. The molecule has 0 spiro atoms. The third-order valence-electron chi connectivity index (χ3n) is 4.16. The molecule has 0 saturated heterocycles. The lowest BCUT2D eigenvalue weighted by Crippen LogP contribution is -2.28. The number of para-hydroxylation sites is 1. The van der Waals surface area contributed by atoms with Crippen LogP contribution in [0.15, 0.2) is 59.4 Å². The lowest BCUT2D eigenvalue weighted by Gasteiger charge is -2.08. The molecule has 0 radical (unpaired) electrons. The lowest BCUT2D eigenvalue weighted by atomic mass is 10.1. The number of carbonyl (C=O) groups is 1. The van der Waals surface area contributed by atoms with E-state index in [1.54, 1.807) is 0 Å². The summed E-state index contributed by atoms with van der Waals surface area (Å²) in [7, 11) is 0. The first kappa shape index (κ1) is 16.0. The van der Waals surface area contributed by atoms with Crippen molar-refractivity contribution in [3.63, 3.8) is 0 Å². The number of benzene rings is 2. The number of pyridine rings is 1. The van der Waals surface area contributed by atoms with Gasteiger partial charge in [0.1, 0.15) is 0 Å². The van der Waals surface area contributed by atoms with Crippen LogP contribution in [0, 0.1) is 6.92 Å². The van der Waals surface area contributed by atoms with Gasteiger partial charge in [0, 0.05) is 17.6 Å². The summed E-state index contributed by atoms with van der Waals surface area (Å²) < 4.78 is 0. The van der Waals surface area contributed by atoms with Gasteiger partial charge in [-0.05, 0) is 42.0 Å². The van der Waals surface area contributed by atoms with Crippen molar-refractivity contribution in [3.05, 3.63) is 81.6 Å². The van der Waals surface area contributed by atoms with E-state index in [0.29, 0.717) is 24.9 Å². The minimum absolute atomic E-state index is 0.0264. The highest BCUT2D eigenvalue weighted by Crippen LogP contribution is 2.10. The van der Waals surface area contributed by atoms with Gasteiger partial charge in [-0.1, -0.05) is 42.5 Å². The van der Waals surface area contributed by atoms with Crippen molar-refractivity contribution >= 4 is 16.8 Å². The molecule has 1 aromatic heterocycles. The molecular formula is C20H20N2O2. The summed E-state index contributed by atoms with van der Waals surface area (Å²) in [6.45, 7) is 2.45. The SMILES string of the molecule is Cc1ccccc1CC(=O)NCCc1cc2ccccc2[nH]c1=O. The second-order valence-corrected chi connectivity index (χ2v) is 5.91. The number of carbonyl (C=O) groups excluding carboxylic acids is 1. The number of amides is 1. The van der Waals surface area contributed by atoms with Crippen molar-refractivity contribution in [1.29, 1.82) is 0 Å². The normalized spacial score (nSPS) is 10.7. The maximum atomic E-state index is 12.1. The molecule has 122 valence electrons. The molecule has 0 bridgehead atoms. The van der Waals surface area contributed by atoms with Crippen molar-refractivity contribution in [3.8, 4) is 0 Å². The zero-order chi connectivity index (χ0) is 16.9. The molecule has 3 aromatic rings. The first-order chi connectivity index (χ1) is 11.6. The van der Waals surface area contributed by atoms with Gasteiger partial charge in [-0.3, -0.25) is 9.59 Å². The van der Waals surface area contributed by atoms with Crippen LogP contribution in [0.4, 0.5) is 0 Å². The summed E-state index contributed by atoms with van der Waals surface area (Å²) >= 11 is 0. The summed E-state index contributed by atoms with van der Waals surface area (Å²) in [4.78, 5) is 27.0. The molecule has 0 aliphatic carbocycles. The molecule has 2 aromatic carbocycles. The Morgan fingerprint density at radius 3 is 2.62 bits per heavy atom. The third-order valence-corrected chi connectivity index (χ3v) is 4.16. The van der Waals surface area contributed by atoms with Crippen molar-refractivity contribution in [2.24, 2.45) is 0 Å². The maximum absolute atomic E-state index is 12.1. The van der Waals surface area contributed by atoms with Gasteiger partial charge in [0.2, 0.25) is 5.91 Å². The number of aromatic amines is 1. The molecule has 0 aliphatic heterocycles. The maximum Gasteiger partial charge on any atom is 0.251 e. The van der Waals surface area contributed by atoms with Crippen LogP contribution in [0.5, 0.6) is 0 Å². The number of fused-ring (bicyclic) bond motifs is 1.